The Hall–Kier alpha value is -0.240. The van der Waals surface area contributed by atoms with E-state index in [0.29, 0.717) is 17.8 Å². The molecule has 0 amide bonds. The van der Waals surface area contributed by atoms with Gasteiger partial charge in [0.25, 0.3) is 6.47 Å². The van der Waals surface area contributed by atoms with Crippen molar-refractivity contribution in [1.82, 2.24) is 0 Å². The van der Waals surface area contributed by atoms with Gasteiger partial charge in [0.1, 0.15) is 5.60 Å². The average Bonchev–Trinajstić information content (AvgIpc) is 1.94. The molecule has 4 bridgehead atoms. The van der Waals surface area contributed by atoms with Crippen LogP contribution in [0.1, 0.15) is 45.4 Å². The van der Waals surface area contributed by atoms with Crippen LogP contribution in [0.5, 0.6) is 0 Å². The second-order valence-corrected chi connectivity index (χ2v) is 7.17. The number of carbonyl (C=O) groups excluding carboxylic acids is 1. The Bertz CT molecular complexity index is 297. The van der Waals surface area contributed by atoms with Gasteiger partial charge in [0.15, 0.2) is 0 Å². The fourth-order valence-corrected chi connectivity index (χ4v) is 5.72. The molecule has 0 aromatic carbocycles. The van der Waals surface area contributed by atoms with E-state index >= 15 is 0 Å². The Morgan fingerprint density at radius 3 is 2.67 bits per heavy atom. The summed E-state index contributed by atoms with van der Waals surface area (Å²) >= 11 is 6.65. The minimum atomic E-state index is -0.225. The molecule has 2 nitrogen and oxygen atoms in total. The molecule has 3 heteroatoms. The lowest BCUT2D eigenvalue weighted by atomic mass is 9.48. The SMILES string of the molecule is CC12CC3CC(Cl)(C1)CC(OC=O)(C3)C2. The predicted molar refractivity (Wildman–Crippen MR) is 57.8 cm³/mol. The number of hydrogen-bond acceptors (Lipinski definition) is 2. The number of rotatable bonds is 2. The molecule has 0 spiro atoms. The molecule has 4 atom stereocenters. The highest BCUT2D eigenvalue weighted by molar-refractivity contribution is 6.24. The maximum atomic E-state index is 10.6. The van der Waals surface area contributed by atoms with Crippen molar-refractivity contribution in [1.29, 1.82) is 0 Å². The van der Waals surface area contributed by atoms with E-state index in [-0.39, 0.29) is 10.5 Å². The third-order valence-corrected chi connectivity index (χ3v) is 4.95. The maximum Gasteiger partial charge on any atom is 0.293 e. The van der Waals surface area contributed by atoms with Crippen molar-refractivity contribution in [3.63, 3.8) is 0 Å². The van der Waals surface area contributed by atoms with Crippen LogP contribution < -0.4 is 0 Å². The first kappa shape index (κ1) is 9.95. The molecule has 0 saturated heterocycles. The molecule has 4 fully saturated rings. The summed E-state index contributed by atoms with van der Waals surface area (Å²) in [5, 5.41) is 0. The van der Waals surface area contributed by atoms with Crippen LogP contribution in [0.15, 0.2) is 0 Å². The summed E-state index contributed by atoms with van der Waals surface area (Å²) in [6.07, 6.45) is 6.41. The first-order valence-corrected chi connectivity index (χ1v) is 6.15. The molecule has 4 aliphatic rings. The van der Waals surface area contributed by atoms with Gasteiger partial charge >= 0.3 is 0 Å². The van der Waals surface area contributed by atoms with Crippen LogP contribution in [-0.2, 0) is 9.53 Å². The normalized spacial score (nSPS) is 56.8. The summed E-state index contributed by atoms with van der Waals surface area (Å²) in [5.74, 6) is 0.670. The molecule has 0 aliphatic heterocycles. The summed E-state index contributed by atoms with van der Waals surface area (Å²) in [6, 6.07) is 0. The van der Waals surface area contributed by atoms with Crippen LogP contribution in [0.3, 0.4) is 0 Å². The Morgan fingerprint density at radius 2 is 2.07 bits per heavy atom. The van der Waals surface area contributed by atoms with Gasteiger partial charge < -0.3 is 4.74 Å². The summed E-state index contributed by atoms with van der Waals surface area (Å²) in [4.78, 5) is 10.5. The first-order chi connectivity index (χ1) is 6.97. The lowest BCUT2D eigenvalue weighted by Gasteiger charge is -2.62. The highest BCUT2D eigenvalue weighted by Crippen LogP contribution is 2.65. The number of carbonyl (C=O) groups is 1. The lowest BCUT2D eigenvalue weighted by Crippen LogP contribution is -2.61. The summed E-state index contributed by atoms with van der Waals surface area (Å²) in [7, 11) is 0. The molecule has 0 aromatic heterocycles. The van der Waals surface area contributed by atoms with Gasteiger partial charge in [-0.15, -0.1) is 11.6 Å². The van der Waals surface area contributed by atoms with Crippen LogP contribution in [0.25, 0.3) is 0 Å². The predicted octanol–water partition coefficient (Wildman–Crippen LogP) is 2.88. The van der Waals surface area contributed by atoms with Crippen molar-refractivity contribution in [3.05, 3.63) is 0 Å². The Kier molecular flexibility index (Phi) is 1.80. The molecule has 84 valence electrons. The third-order valence-electron chi connectivity index (χ3n) is 4.53. The second-order valence-electron chi connectivity index (χ2n) is 6.37. The third kappa shape index (κ3) is 1.41. The lowest BCUT2D eigenvalue weighted by molar-refractivity contribution is -0.182. The van der Waals surface area contributed by atoms with Crippen LogP contribution in [0, 0.1) is 11.3 Å². The number of halogens is 1. The van der Waals surface area contributed by atoms with Crippen molar-refractivity contribution in [2.24, 2.45) is 11.3 Å². The molecule has 4 unspecified atom stereocenters. The van der Waals surface area contributed by atoms with Gasteiger partial charge in [-0.25, -0.2) is 0 Å². The number of hydrogen-bond donors (Lipinski definition) is 0. The van der Waals surface area contributed by atoms with E-state index in [1.807, 2.05) is 0 Å². The maximum absolute atomic E-state index is 10.6. The largest absolute Gasteiger partial charge is 0.461 e. The molecule has 0 aromatic rings. The molecular weight excluding hydrogens is 212 g/mol. The monoisotopic (exact) mass is 228 g/mol. The fraction of sp³-hybridized carbons (Fsp3) is 0.917. The van der Waals surface area contributed by atoms with Gasteiger partial charge in [-0.1, -0.05) is 6.92 Å². The topological polar surface area (TPSA) is 26.3 Å². The van der Waals surface area contributed by atoms with Crippen molar-refractivity contribution in [3.8, 4) is 0 Å². The number of ether oxygens (including phenoxy) is 1. The van der Waals surface area contributed by atoms with Crippen LogP contribution >= 0.6 is 11.6 Å². The molecular formula is C12H17ClO2. The van der Waals surface area contributed by atoms with E-state index < -0.39 is 0 Å². The average molecular weight is 229 g/mol. The van der Waals surface area contributed by atoms with Crippen LogP contribution in [-0.4, -0.2) is 16.9 Å². The molecule has 15 heavy (non-hydrogen) atoms. The molecule has 0 heterocycles. The van der Waals surface area contributed by atoms with Crippen molar-refractivity contribution in [2.45, 2.75) is 55.9 Å². The standard InChI is InChI=1S/C12H17ClO2/c1-10-2-9-3-11(13,5-10)7-12(4-9,6-10)15-8-14/h8-9H,2-7H2,1H3. The van der Waals surface area contributed by atoms with Crippen molar-refractivity contribution >= 4 is 18.1 Å². The summed E-state index contributed by atoms with van der Waals surface area (Å²) in [6.45, 7) is 2.92. The Labute approximate surface area is 95.3 Å². The highest BCUT2D eigenvalue weighted by atomic mass is 35.5. The fourth-order valence-electron chi connectivity index (χ4n) is 4.93. The zero-order valence-electron chi connectivity index (χ0n) is 9.09. The van der Waals surface area contributed by atoms with Gasteiger partial charge in [-0.2, -0.15) is 0 Å². The number of alkyl halides is 1. The molecule has 0 radical (unpaired) electrons. The Balaban J connectivity index is 1.98. The van der Waals surface area contributed by atoms with E-state index in [1.54, 1.807) is 0 Å². The van der Waals surface area contributed by atoms with E-state index in [2.05, 4.69) is 6.92 Å². The van der Waals surface area contributed by atoms with Gasteiger partial charge in [0.2, 0.25) is 0 Å². The quantitative estimate of drug-likeness (QED) is 0.537. The highest BCUT2D eigenvalue weighted by Gasteiger charge is 2.62. The minimum Gasteiger partial charge on any atom is -0.461 e. The zero-order valence-corrected chi connectivity index (χ0v) is 9.85. The van der Waals surface area contributed by atoms with Crippen molar-refractivity contribution in [2.75, 3.05) is 0 Å². The molecule has 0 N–H and O–H groups in total. The summed E-state index contributed by atoms with van der Waals surface area (Å²) in [5.41, 5.74) is 0.0852. The van der Waals surface area contributed by atoms with Crippen molar-refractivity contribution < 1.29 is 9.53 Å². The van der Waals surface area contributed by atoms with Gasteiger partial charge in [0.05, 0.1) is 0 Å². The van der Waals surface area contributed by atoms with Gasteiger partial charge in [0, 0.05) is 11.3 Å². The zero-order chi connectivity index (χ0) is 10.7. The molecule has 4 rings (SSSR count). The second kappa shape index (κ2) is 2.71. The Morgan fingerprint density at radius 1 is 1.27 bits per heavy atom. The minimum absolute atomic E-state index is 0.0861. The van der Waals surface area contributed by atoms with E-state index in [9.17, 15) is 4.79 Å². The van der Waals surface area contributed by atoms with Crippen LogP contribution in [0.2, 0.25) is 0 Å². The van der Waals surface area contributed by atoms with E-state index in [1.165, 1.54) is 6.42 Å². The van der Waals surface area contributed by atoms with E-state index in [4.69, 9.17) is 16.3 Å². The molecule has 4 aliphatic carbocycles. The van der Waals surface area contributed by atoms with E-state index in [0.717, 1.165) is 32.1 Å². The van der Waals surface area contributed by atoms with Gasteiger partial charge in [-0.05, 0) is 43.4 Å². The van der Waals surface area contributed by atoms with Crippen LogP contribution in [0.4, 0.5) is 0 Å². The van der Waals surface area contributed by atoms with Gasteiger partial charge in [-0.3, -0.25) is 4.79 Å². The first-order valence-electron chi connectivity index (χ1n) is 5.77. The molecule has 4 saturated carbocycles. The smallest absolute Gasteiger partial charge is 0.293 e. The summed E-state index contributed by atoms with van der Waals surface area (Å²) < 4.78 is 5.41.